The molecule has 0 bridgehead atoms. The highest BCUT2D eigenvalue weighted by atomic mass is 79.9. The largest absolute Gasteiger partial charge is 0.328 e. The van der Waals surface area contributed by atoms with E-state index < -0.39 is 0 Å². The van der Waals surface area contributed by atoms with Gasteiger partial charge in [-0.2, -0.15) is 0 Å². The third kappa shape index (κ3) is 2.33. The van der Waals surface area contributed by atoms with Gasteiger partial charge in [0.2, 0.25) is 0 Å². The molecule has 4 heteroatoms. The summed E-state index contributed by atoms with van der Waals surface area (Å²) in [4.78, 5) is 14.6. The quantitative estimate of drug-likeness (QED) is 0.886. The second-order valence-electron chi connectivity index (χ2n) is 4.04. The zero-order chi connectivity index (χ0) is 11.7. The van der Waals surface area contributed by atoms with Crippen molar-refractivity contribution in [2.75, 3.05) is 0 Å². The Morgan fingerprint density at radius 1 is 1.44 bits per heavy atom. The van der Waals surface area contributed by atoms with Crippen LogP contribution in [-0.2, 0) is 6.42 Å². The molecule has 0 aliphatic carbocycles. The van der Waals surface area contributed by atoms with E-state index in [-0.39, 0.29) is 11.6 Å². The Labute approximate surface area is 102 Å². The Morgan fingerprint density at radius 2 is 2.19 bits per heavy atom. The zero-order valence-corrected chi connectivity index (χ0v) is 10.5. The number of nitrogens with one attached hydrogen (secondary N) is 1. The number of H-pyrrole nitrogens is 1. The normalized spacial score (nSPS) is 12.9. The van der Waals surface area contributed by atoms with Gasteiger partial charge in [0.15, 0.2) is 0 Å². The van der Waals surface area contributed by atoms with Gasteiger partial charge >= 0.3 is 0 Å². The number of rotatable bonds is 2. The number of fused-ring (bicyclic) bond motifs is 1. The van der Waals surface area contributed by atoms with Crippen LogP contribution in [0.2, 0.25) is 0 Å². The molecule has 0 fully saturated rings. The molecule has 2 aromatic rings. The molecule has 2 rings (SSSR count). The van der Waals surface area contributed by atoms with Crippen molar-refractivity contribution in [3.63, 3.8) is 0 Å². The summed E-state index contributed by atoms with van der Waals surface area (Å²) in [5.74, 6) is 0. The number of benzene rings is 1. The van der Waals surface area contributed by atoms with Gasteiger partial charge in [-0.05, 0) is 43.0 Å². The van der Waals surface area contributed by atoms with Gasteiger partial charge in [0.25, 0.3) is 5.56 Å². The molecule has 0 amide bonds. The molecule has 1 atom stereocenters. The molecule has 0 radical (unpaired) electrons. The topological polar surface area (TPSA) is 58.9 Å². The van der Waals surface area contributed by atoms with E-state index in [1.807, 2.05) is 31.2 Å². The van der Waals surface area contributed by atoms with Gasteiger partial charge in [-0.25, -0.2) is 0 Å². The summed E-state index contributed by atoms with van der Waals surface area (Å²) in [6.07, 6.45) is 0.595. The van der Waals surface area contributed by atoms with Gasteiger partial charge in [-0.15, -0.1) is 0 Å². The maximum atomic E-state index is 11.7. The lowest BCUT2D eigenvalue weighted by atomic mass is 10.1. The first-order chi connectivity index (χ1) is 7.56. The number of aromatic amines is 1. The number of hydrogen-bond donors (Lipinski definition) is 2. The minimum Gasteiger partial charge on any atom is -0.328 e. The first-order valence-electron chi connectivity index (χ1n) is 5.13. The van der Waals surface area contributed by atoms with E-state index in [1.165, 1.54) is 0 Å². The Kier molecular flexibility index (Phi) is 3.12. The van der Waals surface area contributed by atoms with Crippen LogP contribution in [-0.4, -0.2) is 11.0 Å². The average Bonchev–Trinajstić information content (AvgIpc) is 2.19. The maximum Gasteiger partial charge on any atom is 0.251 e. The van der Waals surface area contributed by atoms with E-state index in [0.717, 1.165) is 20.9 Å². The number of pyridine rings is 1. The van der Waals surface area contributed by atoms with Crippen LogP contribution in [0.1, 0.15) is 12.5 Å². The highest BCUT2D eigenvalue weighted by molar-refractivity contribution is 9.10. The Hall–Kier alpha value is -1.13. The third-order valence-corrected chi connectivity index (χ3v) is 2.92. The Bertz CT molecular complexity index is 575. The van der Waals surface area contributed by atoms with Gasteiger partial charge in [0.1, 0.15) is 0 Å². The van der Waals surface area contributed by atoms with E-state index in [2.05, 4.69) is 20.9 Å². The first kappa shape index (κ1) is 11.4. The lowest BCUT2D eigenvalue weighted by Crippen LogP contribution is -2.23. The monoisotopic (exact) mass is 280 g/mol. The van der Waals surface area contributed by atoms with E-state index in [0.29, 0.717) is 6.42 Å². The van der Waals surface area contributed by atoms with Gasteiger partial charge in [0, 0.05) is 21.6 Å². The maximum absolute atomic E-state index is 11.7. The highest BCUT2D eigenvalue weighted by Gasteiger charge is 2.05. The fraction of sp³-hybridized carbons (Fsp3) is 0.250. The van der Waals surface area contributed by atoms with Crippen molar-refractivity contribution in [2.24, 2.45) is 5.73 Å². The number of hydrogen-bond acceptors (Lipinski definition) is 2. The van der Waals surface area contributed by atoms with Crippen molar-refractivity contribution in [1.29, 1.82) is 0 Å². The van der Waals surface area contributed by atoms with Crippen LogP contribution < -0.4 is 11.3 Å². The molecular weight excluding hydrogens is 268 g/mol. The van der Waals surface area contributed by atoms with Crippen molar-refractivity contribution in [2.45, 2.75) is 19.4 Å². The Balaban J connectivity index is 2.60. The molecule has 16 heavy (non-hydrogen) atoms. The molecule has 0 spiro atoms. The predicted molar refractivity (Wildman–Crippen MR) is 69.6 cm³/mol. The van der Waals surface area contributed by atoms with Gasteiger partial charge in [-0.3, -0.25) is 4.79 Å². The molecule has 3 nitrogen and oxygen atoms in total. The smallest absolute Gasteiger partial charge is 0.251 e. The molecule has 1 heterocycles. The molecule has 1 aromatic heterocycles. The summed E-state index contributed by atoms with van der Waals surface area (Å²) in [5, 5.41) is 1.02. The van der Waals surface area contributed by atoms with Gasteiger partial charge in [0.05, 0.1) is 0 Å². The molecule has 1 unspecified atom stereocenters. The zero-order valence-electron chi connectivity index (χ0n) is 8.96. The molecule has 0 aliphatic heterocycles. The SMILES string of the molecule is CC(N)Cc1cc2cc(Br)ccc2[nH]c1=O. The summed E-state index contributed by atoms with van der Waals surface area (Å²) in [7, 11) is 0. The van der Waals surface area contributed by atoms with Crippen molar-refractivity contribution in [3.05, 3.63) is 44.7 Å². The van der Waals surface area contributed by atoms with Crippen molar-refractivity contribution in [1.82, 2.24) is 4.98 Å². The van der Waals surface area contributed by atoms with Crippen LogP contribution >= 0.6 is 15.9 Å². The van der Waals surface area contributed by atoms with Crippen LogP contribution in [0.5, 0.6) is 0 Å². The highest BCUT2D eigenvalue weighted by Crippen LogP contribution is 2.17. The van der Waals surface area contributed by atoms with E-state index in [4.69, 9.17) is 5.73 Å². The van der Waals surface area contributed by atoms with Crippen LogP contribution in [0.3, 0.4) is 0 Å². The van der Waals surface area contributed by atoms with Gasteiger partial charge in [-0.1, -0.05) is 15.9 Å². The van der Waals surface area contributed by atoms with Crippen molar-refractivity contribution in [3.8, 4) is 0 Å². The fourth-order valence-corrected chi connectivity index (χ4v) is 2.10. The number of halogens is 1. The second kappa shape index (κ2) is 4.39. The lowest BCUT2D eigenvalue weighted by Gasteiger charge is -2.06. The molecule has 0 saturated carbocycles. The van der Waals surface area contributed by atoms with Crippen LogP contribution in [0.15, 0.2) is 33.5 Å². The standard InChI is InChI=1S/C12H13BrN2O/c1-7(14)4-9-5-8-6-10(13)2-3-11(8)15-12(9)16/h2-3,5-7H,4,14H2,1H3,(H,15,16). The van der Waals surface area contributed by atoms with E-state index in [1.54, 1.807) is 0 Å². The first-order valence-corrected chi connectivity index (χ1v) is 5.92. The van der Waals surface area contributed by atoms with Crippen molar-refractivity contribution >= 4 is 26.8 Å². The lowest BCUT2D eigenvalue weighted by molar-refractivity contribution is 0.732. The summed E-state index contributed by atoms with van der Waals surface area (Å²) in [5.41, 5.74) is 7.24. The minimum absolute atomic E-state index is 0.00861. The summed E-state index contributed by atoms with van der Waals surface area (Å²) < 4.78 is 0.999. The van der Waals surface area contributed by atoms with E-state index >= 15 is 0 Å². The molecule has 1 aromatic carbocycles. The summed E-state index contributed by atoms with van der Waals surface area (Å²) >= 11 is 3.41. The predicted octanol–water partition coefficient (Wildman–Crippen LogP) is 2.18. The van der Waals surface area contributed by atoms with Gasteiger partial charge < -0.3 is 10.7 Å². The molecular formula is C12H13BrN2O. The molecule has 84 valence electrons. The third-order valence-electron chi connectivity index (χ3n) is 2.43. The molecule has 0 saturated heterocycles. The van der Waals surface area contributed by atoms with Crippen LogP contribution in [0.25, 0.3) is 10.9 Å². The second-order valence-corrected chi connectivity index (χ2v) is 4.95. The minimum atomic E-state index is -0.0490. The average molecular weight is 281 g/mol. The molecule has 0 aliphatic rings. The van der Waals surface area contributed by atoms with Crippen LogP contribution in [0.4, 0.5) is 0 Å². The fourth-order valence-electron chi connectivity index (χ4n) is 1.72. The van der Waals surface area contributed by atoms with E-state index in [9.17, 15) is 4.79 Å². The number of aromatic nitrogens is 1. The summed E-state index contributed by atoms with van der Waals surface area (Å²) in [6.45, 7) is 1.89. The molecule has 3 N–H and O–H groups in total. The van der Waals surface area contributed by atoms with Crippen LogP contribution in [0, 0.1) is 0 Å². The Morgan fingerprint density at radius 3 is 2.88 bits per heavy atom. The number of nitrogens with two attached hydrogens (primary N) is 1. The summed E-state index contributed by atoms with van der Waals surface area (Å²) in [6, 6.07) is 7.67. The van der Waals surface area contributed by atoms with Crippen molar-refractivity contribution < 1.29 is 0 Å².